The molecule has 1 aliphatic carbocycles. The van der Waals surface area contributed by atoms with Crippen LogP contribution in [0.4, 0.5) is 0 Å². The molecule has 1 saturated carbocycles. The van der Waals surface area contributed by atoms with E-state index in [2.05, 4.69) is 15.0 Å². The van der Waals surface area contributed by atoms with Crippen molar-refractivity contribution in [3.63, 3.8) is 0 Å². The van der Waals surface area contributed by atoms with Crippen LogP contribution in [0, 0.1) is 5.92 Å². The van der Waals surface area contributed by atoms with Gasteiger partial charge in [0.1, 0.15) is 5.75 Å². The molecule has 0 bridgehead atoms. The van der Waals surface area contributed by atoms with E-state index in [-0.39, 0.29) is 5.92 Å². The molecule has 162 valence electrons. The van der Waals surface area contributed by atoms with Crippen LogP contribution in [0.15, 0.2) is 28.8 Å². The number of amides is 1. The molecule has 0 unspecified atom stereocenters. The van der Waals surface area contributed by atoms with Gasteiger partial charge in [0.25, 0.3) is 0 Å². The fourth-order valence-electron chi connectivity index (χ4n) is 4.64. The third-order valence-corrected chi connectivity index (χ3v) is 6.58. The number of aromatic nitrogens is 2. The molecule has 7 nitrogen and oxygen atoms in total. The Balaban J connectivity index is 1.27. The second-order valence-corrected chi connectivity index (χ2v) is 8.53. The molecule has 1 saturated heterocycles. The third-order valence-electron chi connectivity index (χ3n) is 6.58. The highest BCUT2D eigenvalue weighted by Crippen LogP contribution is 2.26. The summed E-state index contributed by atoms with van der Waals surface area (Å²) in [4.78, 5) is 21.8. The quantitative estimate of drug-likeness (QED) is 0.720. The Kier molecular flexibility index (Phi) is 6.67. The van der Waals surface area contributed by atoms with E-state index in [1.54, 1.807) is 7.11 Å². The lowest BCUT2D eigenvalue weighted by Gasteiger charge is -2.36. The molecular weight excluding hydrogens is 380 g/mol. The van der Waals surface area contributed by atoms with Gasteiger partial charge in [0.05, 0.1) is 13.7 Å². The molecule has 2 aliphatic rings. The predicted octanol–water partition coefficient (Wildman–Crippen LogP) is 3.75. The molecule has 7 heteroatoms. The molecule has 1 amide bonds. The van der Waals surface area contributed by atoms with E-state index in [0.29, 0.717) is 30.2 Å². The zero-order valence-corrected chi connectivity index (χ0v) is 18.0. The summed E-state index contributed by atoms with van der Waals surface area (Å²) in [6, 6.07) is 8.06. The lowest BCUT2D eigenvalue weighted by molar-refractivity contribution is -0.138. The van der Waals surface area contributed by atoms with Gasteiger partial charge >= 0.3 is 0 Å². The minimum atomic E-state index is 0.144. The highest BCUT2D eigenvalue weighted by Gasteiger charge is 2.31. The maximum atomic E-state index is 12.9. The third kappa shape index (κ3) is 4.83. The zero-order valence-electron chi connectivity index (χ0n) is 18.0. The van der Waals surface area contributed by atoms with Crippen molar-refractivity contribution in [2.75, 3.05) is 27.2 Å². The number of hydrogen-bond donors (Lipinski definition) is 0. The van der Waals surface area contributed by atoms with Crippen LogP contribution in [-0.4, -0.2) is 59.1 Å². The van der Waals surface area contributed by atoms with Gasteiger partial charge in [0.2, 0.25) is 17.6 Å². The van der Waals surface area contributed by atoms with Gasteiger partial charge in [-0.2, -0.15) is 4.98 Å². The summed E-state index contributed by atoms with van der Waals surface area (Å²) in [5.41, 5.74) is 0.904. The van der Waals surface area contributed by atoms with Gasteiger partial charge in [-0.25, -0.2) is 0 Å². The van der Waals surface area contributed by atoms with Gasteiger partial charge in [0.15, 0.2) is 0 Å². The van der Waals surface area contributed by atoms with Gasteiger partial charge in [0, 0.05) is 24.6 Å². The first-order valence-corrected chi connectivity index (χ1v) is 11.1. The average molecular weight is 413 g/mol. The number of benzene rings is 1. The maximum absolute atomic E-state index is 12.9. The Morgan fingerprint density at radius 1 is 1.13 bits per heavy atom. The van der Waals surface area contributed by atoms with Crippen LogP contribution in [0.3, 0.4) is 0 Å². The van der Waals surface area contributed by atoms with Crippen molar-refractivity contribution in [2.45, 2.75) is 57.5 Å². The van der Waals surface area contributed by atoms with Crippen LogP contribution in [-0.2, 0) is 11.3 Å². The molecular formula is C23H32N4O3. The minimum Gasteiger partial charge on any atom is -0.497 e. The summed E-state index contributed by atoms with van der Waals surface area (Å²) in [5.74, 6) is 2.48. The first-order valence-electron chi connectivity index (χ1n) is 11.1. The standard InChI is InChI=1S/C23H32N4O3/c1-26(19-6-4-3-5-7-19)23(28)18-12-14-27(15-13-18)16-21-24-22(25-30-21)17-8-10-20(29-2)11-9-17/h8-11,18-19H,3-7,12-16H2,1-2H3. The molecule has 0 N–H and O–H groups in total. The van der Waals surface area contributed by atoms with Crippen LogP contribution < -0.4 is 4.74 Å². The van der Waals surface area contributed by atoms with Crippen LogP contribution >= 0.6 is 0 Å². The summed E-state index contributed by atoms with van der Waals surface area (Å²) in [7, 11) is 3.65. The van der Waals surface area contributed by atoms with Gasteiger partial charge < -0.3 is 14.2 Å². The number of methoxy groups -OCH3 is 1. The molecule has 1 aromatic carbocycles. The van der Waals surface area contributed by atoms with E-state index in [0.717, 1.165) is 50.1 Å². The van der Waals surface area contributed by atoms with Gasteiger partial charge in [-0.05, 0) is 63.0 Å². The highest BCUT2D eigenvalue weighted by atomic mass is 16.5. The fourth-order valence-corrected chi connectivity index (χ4v) is 4.64. The number of ether oxygens (including phenoxy) is 1. The maximum Gasteiger partial charge on any atom is 0.241 e. The number of hydrogen-bond acceptors (Lipinski definition) is 6. The molecule has 30 heavy (non-hydrogen) atoms. The van der Waals surface area contributed by atoms with E-state index < -0.39 is 0 Å². The Hall–Kier alpha value is -2.41. The fraction of sp³-hybridized carbons (Fsp3) is 0.609. The predicted molar refractivity (Wildman–Crippen MR) is 114 cm³/mol. The molecule has 2 aromatic rings. The van der Waals surface area contributed by atoms with Crippen LogP contribution in [0.1, 0.15) is 50.8 Å². The van der Waals surface area contributed by atoms with E-state index in [9.17, 15) is 4.79 Å². The molecule has 2 heterocycles. The summed E-state index contributed by atoms with van der Waals surface area (Å²) in [6.45, 7) is 2.40. The van der Waals surface area contributed by atoms with Crippen molar-refractivity contribution in [2.24, 2.45) is 5.92 Å². The SMILES string of the molecule is COc1ccc(-c2noc(CN3CCC(C(=O)N(C)C4CCCCC4)CC3)n2)cc1. The molecule has 2 fully saturated rings. The van der Waals surface area contributed by atoms with E-state index in [4.69, 9.17) is 9.26 Å². The summed E-state index contributed by atoms with van der Waals surface area (Å²) < 4.78 is 10.6. The van der Waals surface area contributed by atoms with Crippen LogP contribution in [0.2, 0.25) is 0 Å². The smallest absolute Gasteiger partial charge is 0.241 e. The van der Waals surface area contributed by atoms with Crippen LogP contribution in [0.25, 0.3) is 11.4 Å². The number of likely N-dealkylation sites (tertiary alicyclic amines) is 1. The second-order valence-electron chi connectivity index (χ2n) is 8.53. The van der Waals surface area contributed by atoms with Crippen LogP contribution in [0.5, 0.6) is 5.75 Å². The molecule has 4 rings (SSSR count). The monoisotopic (exact) mass is 412 g/mol. The first-order chi connectivity index (χ1) is 14.6. The normalized spacial score (nSPS) is 19.0. The topological polar surface area (TPSA) is 71.7 Å². The van der Waals surface area contributed by atoms with Crippen molar-refractivity contribution in [3.8, 4) is 17.1 Å². The minimum absolute atomic E-state index is 0.144. The van der Waals surface area contributed by atoms with E-state index >= 15 is 0 Å². The molecule has 0 atom stereocenters. The number of carbonyl (C=O) groups is 1. The zero-order chi connectivity index (χ0) is 20.9. The molecule has 1 aliphatic heterocycles. The number of piperidine rings is 1. The van der Waals surface area contributed by atoms with Crippen molar-refractivity contribution < 1.29 is 14.1 Å². The van der Waals surface area contributed by atoms with Crippen molar-refractivity contribution in [3.05, 3.63) is 30.2 Å². The number of rotatable bonds is 6. The molecule has 0 spiro atoms. The molecule has 0 radical (unpaired) electrons. The Bertz CT molecular complexity index is 821. The number of nitrogens with zero attached hydrogens (tertiary/aromatic N) is 4. The van der Waals surface area contributed by atoms with E-state index in [1.165, 1.54) is 19.3 Å². The molecule has 1 aromatic heterocycles. The summed E-state index contributed by atoms with van der Waals surface area (Å²) >= 11 is 0. The van der Waals surface area contributed by atoms with Gasteiger partial charge in [-0.3, -0.25) is 9.69 Å². The summed E-state index contributed by atoms with van der Waals surface area (Å²) in [6.07, 6.45) is 7.94. The van der Waals surface area contributed by atoms with Crippen molar-refractivity contribution in [1.82, 2.24) is 19.9 Å². The van der Waals surface area contributed by atoms with E-state index in [1.807, 2.05) is 36.2 Å². The Morgan fingerprint density at radius 3 is 2.50 bits per heavy atom. The Labute approximate surface area is 178 Å². The van der Waals surface area contributed by atoms with Gasteiger partial charge in [-0.15, -0.1) is 0 Å². The number of carbonyl (C=O) groups excluding carboxylic acids is 1. The van der Waals surface area contributed by atoms with Gasteiger partial charge in [-0.1, -0.05) is 24.4 Å². The summed E-state index contributed by atoms with van der Waals surface area (Å²) in [5, 5.41) is 4.11. The largest absolute Gasteiger partial charge is 0.497 e. The van der Waals surface area contributed by atoms with Crippen molar-refractivity contribution >= 4 is 5.91 Å². The van der Waals surface area contributed by atoms with Crippen molar-refractivity contribution in [1.29, 1.82) is 0 Å². The lowest BCUT2D eigenvalue weighted by atomic mass is 9.91. The average Bonchev–Trinajstić information content (AvgIpc) is 3.27. The second kappa shape index (κ2) is 9.60. The first kappa shape index (κ1) is 20.8. The lowest BCUT2D eigenvalue weighted by Crippen LogP contribution is -2.45. The highest BCUT2D eigenvalue weighted by molar-refractivity contribution is 5.79. The Morgan fingerprint density at radius 2 is 1.83 bits per heavy atom.